The van der Waals surface area contributed by atoms with Crippen LogP contribution in [0.3, 0.4) is 0 Å². The maximum atomic E-state index is 6.77. The molecule has 2 nitrogen and oxygen atoms in total. The van der Waals surface area contributed by atoms with Gasteiger partial charge in [-0.05, 0) is 75.8 Å². The molecule has 0 unspecified atom stereocenters. The highest BCUT2D eigenvalue weighted by molar-refractivity contribution is 5.85. The SMILES string of the molecule is CC1(C)c2ccccc2Oc2c(N(c3ccc(-c4ccccc4)cc3)c3ccc(-c4cccc(-c5ccccc5)c4)cc3)cccc21. The van der Waals surface area contributed by atoms with Gasteiger partial charge in [-0.2, -0.15) is 0 Å². The maximum Gasteiger partial charge on any atom is 0.155 e. The molecule has 0 atom stereocenters. The van der Waals surface area contributed by atoms with E-state index >= 15 is 0 Å². The van der Waals surface area contributed by atoms with E-state index in [0.717, 1.165) is 28.6 Å². The van der Waals surface area contributed by atoms with Crippen molar-refractivity contribution in [2.75, 3.05) is 4.90 Å². The molecular weight excluding hydrogens is 571 g/mol. The molecule has 226 valence electrons. The van der Waals surface area contributed by atoms with Crippen LogP contribution in [-0.4, -0.2) is 0 Å². The van der Waals surface area contributed by atoms with Crippen molar-refractivity contribution in [3.05, 3.63) is 187 Å². The van der Waals surface area contributed by atoms with Gasteiger partial charge in [0.05, 0.1) is 5.69 Å². The van der Waals surface area contributed by atoms with Gasteiger partial charge < -0.3 is 9.64 Å². The molecule has 0 bridgehead atoms. The zero-order valence-electron chi connectivity index (χ0n) is 26.6. The smallest absolute Gasteiger partial charge is 0.155 e. The Morgan fingerprint density at radius 1 is 0.404 bits per heavy atom. The molecule has 1 aliphatic heterocycles. The van der Waals surface area contributed by atoms with Gasteiger partial charge in [0.15, 0.2) is 5.75 Å². The lowest BCUT2D eigenvalue weighted by atomic mass is 9.75. The third-order valence-corrected chi connectivity index (χ3v) is 9.34. The summed E-state index contributed by atoms with van der Waals surface area (Å²) in [6.07, 6.45) is 0. The summed E-state index contributed by atoms with van der Waals surface area (Å²) >= 11 is 0. The minimum Gasteiger partial charge on any atom is -0.455 e. The molecule has 0 saturated carbocycles. The fraction of sp³-hybridized carbons (Fsp3) is 0.0667. The number of hydrogen-bond donors (Lipinski definition) is 0. The molecule has 0 spiro atoms. The second-order valence-corrected chi connectivity index (χ2v) is 12.6. The van der Waals surface area contributed by atoms with Gasteiger partial charge in [0.1, 0.15) is 5.75 Å². The molecule has 0 amide bonds. The second kappa shape index (κ2) is 11.8. The first-order valence-electron chi connectivity index (χ1n) is 16.2. The molecule has 0 fully saturated rings. The van der Waals surface area contributed by atoms with Gasteiger partial charge in [0, 0.05) is 27.9 Å². The first-order valence-corrected chi connectivity index (χ1v) is 16.2. The number of anilines is 3. The van der Waals surface area contributed by atoms with Gasteiger partial charge in [0.2, 0.25) is 0 Å². The van der Waals surface area contributed by atoms with Crippen LogP contribution in [0.5, 0.6) is 11.5 Å². The Balaban J connectivity index is 1.23. The van der Waals surface area contributed by atoms with E-state index in [-0.39, 0.29) is 5.41 Å². The summed E-state index contributed by atoms with van der Waals surface area (Å²) < 4.78 is 6.77. The molecule has 7 aromatic carbocycles. The average molecular weight is 606 g/mol. The largest absolute Gasteiger partial charge is 0.455 e. The van der Waals surface area contributed by atoms with Crippen LogP contribution in [0.1, 0.15) is 25.0 Å². The average Bonchev–Trinajstić information content (AvgIpc) is 3.13. The highest BCUT2D eigenvalue weighted by atomic mass is 16.5. The quantitative estimate of drug-likeness (QED) is 0.187. The molecule has 1 aliphatic rings. The van der Waals surface area contributed by atoms with Gasteiger partial charge in [-0.15, -0.1) is 0 Å². The number of fused-ring (bicyclic) bond motifs is 2. The van der Waals surface area contributed by atoms with Gasteiger partial charge in [-0.1, -0.05) is 147 Å². The molecular formula is C45H35NO. The fourth-order valence-electron chi connectivity index (χ4n) is 6.80. The van der Waals surface area contributed by atoms with E-state index in [1.165, 1.54) is 44.5 Å². The van der Waals surface area contributed by atoms with Crippen molar-refractivity contribution in [1.82, 2.24) is 0 Å². The molecule has 0 saturated heterocycles. The van der Waals surface area contributed by atoms with Gasteiger partial charge in [-0.3, -0.25) is 0 Å². The van der Waals surface area contributed by atoms with Crippen molar-refractivity contribution in [2.24, 2.45) is 0 Å². The third kappa shape index (κ3) is 5.28. The summed E-state index contributed by atoms with van der Waals surface area (Å²) in [5.74, 6) is 1.80. The topological polar surface area (TPSA) is 12.5 Å². The molecule has 0 aromatic heterocycles. The Morgan fingerprint density at radius 3 is 1.47 bits per heavy atom. The third-order valence-electron chi connectivity index (χ3n) is 9.34. The van der Waals surface area contributed by atoms with Crippen molar-refractivity contribution in [3.63, 3.8) is 0 Å². The summed E-state index contributed by atoms with van der Waals surface area (Å²) in [5.41, 5.74) is 12.5. The molecule has 47 heavy (non-hydrogen) atoms. The van der Waals surface area contributed by atoms with Crippen molar-refractivity contribution in [1.29, 1.82) is 0 Å². The zero-order valence-corrected chi connectivity index (χ0v) is 26.6. The lowest BCUT2D eigenvalue weighted by Crippen LogP contribution is -2.25. The monoisotopic (exact) mass is 605 g/mol. The van der Waals surface area contributed by atoms with E-state index in [1.54, 1.807) is 0 Å². The Bertz CT molecular complexity index is 2170. The predicted octanol–water partition coefficient (Wildman–Crippen LogP) is 12.6. The number of para-hydroxylation sites is 2. The molecule has 0 N–H and O–H groups in total. The Labute approximate surface area is 277 Å². The number of nitrogens with zero attached hydrogens (tertiary/aromatic N) is 1. The summed E-state index contributed by atoms with van der Waals surface area (Å²) in [6, 6.07) is 62.5. The van der Waals surface area contributed by atoms with Crippen molar-refractivity contribution in [2.45, 2.75) is 19.3 Å². The Kier molecular flexibility index (Phi) is 7.19. The normalized spacial score (nSPS) is 12.8. The number of ether oxygens (including phenoxy) is 1. The van der Waals surface area contributed by atoms with Crippen molar-refractivity contribution in [3.8, 4) is 44.9 Å². The first kappa shape index (κ1) is 28.6. The van der Waals surface area contributed by atoms with E-state index in [9.17, 15) is 0 Å². The highest BCUT2D eigenvalue weighted by Crippen LogP contribution is 2.53. The van der Waals surface area contributed by atoms with Crippen LogP contribution >= 0.6 is 0 Å². The number of hydrogen-bond acceptors (Lipinski definition) is 2. The predicted molar refractivity (Wildman–Crippen MR) is 196 cm³/mol. The molecule has 0 radical (unpaired) electrons. The lowest BCUT2D eigenvalue weighted by molar-refractivity contribution is 0.419. The lowest BCUT2D eigenvalue weighted by Gasteiger charge is -2.37. The minimum atomic E-state index is -0.212. The highest BCUT2D eigenvalue weighted by Gasteiger charge is 2.36. The first-order chi connectivity index (χ1) is 23.1. The Hall–Kier alpha value is -5.86. The van der Waals surface area contributed by atoms with E-state index in [0.29, 0.717) is 0 Å². The molecule has 1 heterocycles. The van der Waals surface area contributed by atoms with E-state index in [2.05, 4.69) is 189 Å². The summed E-state index contributed by atoms with van der Waals surface area (Å²) in [7, 11) is 0. The standard InChI is InChI=1S/C45H35NO/c1-45(2)40-19-9-10-22-43(40)47-44-41(45)20-12-21-42(44)46(38-27-23-34(24-28-38)32-13-5-3-6-14-32)39-29-25-35(26-30-39)37-18-11-17-36(31-37)33-15-7-4-8-16-33/h3-31H,1-2H3. The van der Waals surface area contributed by atoms with Crippen LogP contribution in [0.25, 0.3) is 33.4 Å². The summed E-state index contributed by atoms with van der Waals surface area (Å²) in [5, 5.41) is 0. The number of rotatable bonds is 6. The van der Waals surface area contributed by atoms with Crippen molar-refractivity contribution < 1.29 is 4.74 Å². The summed E-state index contributed by atoms with van der Waals surface area (Å²) in [4.78, 5) is 2.32. The Morgan fingerprint density at radius 2 is 0.851 bits per heavy atom. The molecule has 2 heteroatoms. The number of benzene rings is 7. The fourth-order valence-corrected chi connectivity index (χ4v) is 6.80. The van der Waals surface area contributed by atoms with Gasteiger partial charge in [-0.25, -0.2) is 0 Å². The van der Waals surface area contributed by atoms with Crippen LogP contribution < -0.4 is 9.64 Å². The minimum absolute atomic E-state index is 0.212. The van der Waals surface area contributed by atoms with E-state index in [1.807, 2.05) is 6.07 Å². The zero-order chi connectivity index (χ0) is 31.8. The second-order valence-electron chi connectivity index (χ2n) is 12.6. The summed E-state index contributed by atoms with van der Waals surface area (Å²) in [6.45, 7) is 4.57. The van der Waals surface area contributed by atoms with Gasteiger partial charge >= 0.3 is 0 Å². The molecule has 7 aromatic rings. The van der Waals surface area contributed by atoms with Crippen LogP contribution in [0.15, 0.2) is 176 Å². The van der Waals surface area contributed by atoms with Crippen LogP contribution in [-0.2, 0) is 5.41 Å². The van der Waals surface area contributed by atoms with Crippen LogP contribution in [0, 0.1) is 0 Å². The maximum absolute atomic E-state index is 6.77. The van der Waals surface area contributed by atoms with Crippen LogP contribution in [0.4, 0.5) is 17.1 Å². The van der Waals surface area contributed by atoms with Gasteiger partial charge in [0.25, 0.3) is 0 Å². The van der Waals surface area contributed by atoms with E-state index in [4.69, 9.17) is 4.74 Å². The molecule has 0 aliphatic carbocycles. The van der Waals surface area contributed by atoms with E-state index < -0.39 is 0 Å². The van der Waals surface area contributed by atoms with Crippen molar-refractivity contribution >= 4 is 17.1 Å². The molecule has 8 rings (SSSR count). The van der Waals surface area contributed by atoms with Crippen LogP contribution in [0.2, 0.25) is 0 Å².